The molecule has 0 atom stereocenters. The first-order valence-corrected chi connectivity index (χ1v) is 8.85. The van der Waals surface area contributed by atoms with Crippen LogP contribution in [-0.4, -0.2) is 45.6 Å². The summed E-state index contributed by atoms with van der Waals surface area (Å²) < 4.78 is 0. The van der Waals surface area contributed by atoms with Crippen molar-refractivity contribution in [3.05, 3.63) is 28.9 Å². The van der Waals surface area contributed by atoms with Gasteiger partial charge in [-0.25, -0.2) is 19.6 Å². The average Bonchev–Trinajstić information content (AvgIpc) is 3.29. The van der Waals surface area contributed by atoms with Crippen LogP contribution < -0.4 is 16.0 Å². The first kappa shape index (κ1) is 17.8. The van der Waals surface area contributed by atoms with Crippen molar-refractivity contribution in [1.82, 2.24) is 20.6 Å². The second kappa shape index (κ2) is 7.48. The van der Waals surface area contributed by atoms with E-state index >= 15 is 0 Å². The van der Waals surface area contributed by atoms with Gasteiger partial charge in [-0.05, 0) is 31.9 Å². The molecule has 1 aliphatic carbocycles. The molecule has 0 unspecified atom stereocenters. The molecule has 1 saturated carbocycles. The molecule has 0 aromatic carbocycles. The second-order valence-corrected chi connectivity index (χ2v) is 6.67. The molecule has 1 aliphatic rings. The van der Waals surface area contributed by atoms with Crippen molar-refractivity contribution < 1.29 is 19.5 Å². The molecular formula is C16H17N5O4S. The molecule has 3 rings (SSSR count). The summed E-state index contributed by atoms with van der Waals surface area (Å²) in [6.45, 7) is 2.29. The first-order chi connectivity index (χ1) is 12.5. The molecule has 0 aliphatic heterocycles. The number of nitrogens with zero attached hydrogens (tertiary/aromatic N) is 2. The number of aromatic nitrogens is 2. The SMILES string of the molecule is CCNC(=O)Nc1ccc(-c2nc(C(=O)NC3CC3)c(C(=O)O)s2)cn1. The van der Waals surface area contributed by atoms with Crippen LogP contribution in [0.25, 0.3) is 10.6 Å². The monoisotopic (exact) mass is 375 g/mol. The Morgan fingerprint density at radius 2 is 2.08 bits per heavy atom. The van der Waals surface area contributed by atoms with E-state index in [2.05, 4.69) is 25.9 Å². The minimum atomic E-state index is -1.20. The third-order valence-electron chi connectivity index (χ3n) is 3.54. The molecule has 1 fully saturated rings. The van der Waals surface area contributed by atoms with Crippen LogP contribution in [-0.2, 0) is 0 Å². The summed E-state index contributed by atoms with van der Waals surface area (Å²) in [6.07, 6.45) is 3.26. The Bertz CT molecular complexity index is 845. The first-order valence-electron chi connectivity index (χ1n) is 8.04. The number of aromatic carboxylic acids is 1. The predicted octanol–water partition coefficient (Wildman–Crippen LogP) is 1.94. The molecule has 2 heterocycles. The molecule has 3 amide bonds. The molecule has 10 heteroatoms. The van der Waals surface area contributed by atoms with Gasteiger partial charge in [0, 0.05) is 24.3 Å². The van der Waals surface area contributed by atoms with Gasteiger partial charge in [0.05, 0.1) is 0 Å². The van der Waals surface area contributed by atoms with E-state index in [1.807, 2.05) is 0 Å². The van der Waals surface area contributed by atoms with E-state index in [-0.39, 0.29) is 22.6 Å². The highest BCUT2D eigenvalue weighted by molar-refractivity contribution is 7.17. The number of urea groups is 1. The fourth-order valence-electron chi connectivity index (χ4n) is 2.14. The maximum absolute atomic E-state index is 12.2. The third kappa shape index (κ3) is 4.14. The quantitative estimate of drug-likeness (QED) is 0.610. The lowest BCUT2D eigenvalue weighted by molar-refractivity contribution is 0.0695. The number of carbonyl (C=O) groups excluding carboxylic acids is 2. The zero-order valence-corrected chi connectivity index (χ0v) is 14.7. The van der Waals surface area contributed by atoms with Crippen molar-refractivity contribution >= 4 is 35.1 Å². The highest BCUT2D eigenvalue weighted by atomic mass is 32.1. The lowest BCUT2D eigenvalue weighted by Gasteiger charge is -2.05. The Labute approximate surface area is 152 Å². The van der Waals surface area contributed by atoms with E-state index in [4.69, 9.17) is 0 Å². The van der Waals surface area contributed by atoms with Gasteiger partial charge in [0.15, 0.2) is 5.69 Å². The summed E-state index contributed by atoms with van der Waals surface area (Å²) in [5.74, 6) is -1.33. The van der Waals surface area contributed by atoms with E-state index in [1.165, 1.54) is 6.20 Å². The van der Waals surface area contributed by atoms with Crippen molar-refractivity contribution in [1.29, 1.82) is 0 Å². The number of carboxylic acid groups (broad SMARTS) is 1. The minimum Gasteiger partial charge on any atom is -0.477 e. The number of hydrogen-bond donors (Lipinski definition) is 4. The van der Waals surface area contributed by atoms with E-state index in [0.717, 1.165) is 24.2 Å². The van der Waals surface area contributed by atoms with Crippen molar-refractivity contribution in [2.45, 2.75) is 25.8 Å². The van der Waals surface area contributed by atoms with E-state index in [0.29, 0.717) is 22.9 Å². The summed E-state index contributed by atoms with van der Waals surface area (Å²) in [6, 6.07) is 2.97. The molecule has 9 nitrogen and oxygen atoms in total. The van der Waals surface area contributed by atoms with Gasteiger partial charge in [0.2, 0.25) is 0 Å². The molecule has 2 aromatic heterocycles. The summed E-state index contributed by atoms with van der Waals surface area (Å²) in [5.41, 5.74) is 0.471. The van der Waals surface area contributed by atoms with E-state index < -0.39 is 11.9 Å². The number of thiazole rings is 1. The lowest BCUT2D eigenvalue weighted by Crippen LogP contribution is -2.28. The highest BCUT2D eigenvalue weighted by Gasteiger charge is 2.29. The fraction of sp³-hybridized carbons (Fsp3) is 0.312. The number of pyridine rings is 1. The van der Waals surface area contributed by atoms with Crippen molar-refractivity contribution in [3.8, 4) is 10.6 Å². The molecule has 0 saturated heterocycles. The van der Waals surface area contributed by atoms with Gasteiger partial charge in [0.1, 0.15) is 15.7 Å². The Morgan fingerprint density at radius 3 is 2.65 bits per heavy atom. The summed E-state index contributed by atoms with van der Waals surface area (Å²) in [5, 5.41) is 17.6. The van der Waals surface area contributed by atoms with Crippen LogP contribution in [0.4, 0.5) is 10.6 Å². The fourth-order valence-corrected chi connectivity index (χ4v) is 3.03. The number of carboxylic acids is 1. The van der Waals surface area contributed by atoms with Crippen molar-refractivity contribution in [2.75, 3.05) is 11.9 Å². The smallest absolute Gasteiger partial charge is 0.348 e. The summed E-state index contributed by atoms with van der Waals surface area (Å²) in [7, 11) is 0. The van der Waals surface area contributed by atoms with Gasteiger partial charge in [-0.1, -0.05) is 0 Å². The summed E-state index contributed by atoms with van der Waals surface area (Å²) in [4.78, 5) is 43.3. The second-order valence-electron chi connectivity index (χ2n) is 5.67. The van der Waals surface area contributed by atoms with Gasteiger partial charge in [-0.3, -0.25) is 10.1 Å². The maximum Gasteiger partial charge on any atom is 0.348 e. The van der Waals surface area contributed by atoms with Gasteiger partial charge in [0.25, 0.3) is 5.91 Å². The Kier molecular flexibility index (Phi) is 5.12. The molecule has 0 bridgehead atoms. The number of rotatable bonds is 6. The van der Waals surface area contributed by atoms with Crippen LogP contribution in [0, 0.1) is 0 Å². The van der Waals surface area contributed by atoms with Crippen LogP contribution in [0.15, 0.2) is 18.3 Å². The molecule has 2 aromatic rings. The van der Waals surface area contributed by atoms with Crippen molar-refractivity contribution in [2.24, 2.45) is 0 Å². The van der Waals surface area contributed by atoms with Gasteiger partial charge in [-0.2, -0.15) is 0 Å². The normalized spacial score (nSPS) is 13.1. The lowest BCUT2D eigenvalue weighted by atomic mass is 10.3. The Morgan fingerprint density at radius 1 is 1.31 bits per heavy atom. The molecule has 26 heavy (non-hydrogen) atoms. The number of carbonyl (C=O) groups is 3. The van der Waals surface area contributed by atoms with Gasteiger partial charge in [-0.15, -0.1) is 11.3 Å². The van der Waals surface area contributed by atoms with Gasteiger partial charge >= 0.3 is 12.0 Å². The molecular weight excluding hydrogens is 358 g/mol. The number of anilines is 1. The van der Waals surface area contributed by atoms with Crippen LogP contribution in [0.2, 0.25) is 0 Å². The molecule has 136 valence electrons. The topological polar surface area (TPSA) is 133 Å². The predicted molar refractivity (Wildman–Crippen MR) is 95.5 cm³/mol. The van der Waals surface area contributed by atoms with Crippen LogP contribution in [0.5, 0.6) is 0 Å². The summed E-state index contributed by atoms with van der Waals surface area (Å²) >= 11 is 0.913. The van der Waals surface area contributed by atoms with Gasteiger partial charge < -0.3 is 15.7 Å². The van der Waals surface area contributed by atoms with Crippen LogP contribution in [0.1, 0.15) is 39.9 Å². The number of hydrogen-bond acceptors (Lipinski definition) is 6. The molecule has 0 radical (unpaired) electrons. The largest absolute Gasteiger partial charge is 0.477 e. The third-order valence-corrected chi connectivity index (χ3v) is 4.63. The zero-order chi connectivity index (χ0) is 18.7. The standard InChI is InChI=1S/C16H17N5O4S/c1-2-17-16(25)20-10-6-3-8(7-18-10)14-21-11(12(26-14)15(23)24)13(22)19-9-4-5-9/h3,6-7,9H,2,4-5H2,1H3,(H,19,22)(H,23,24)(H2,17,18,20,25). The average molecular weight is 375 g/mol. The molecule has 0 spiro atoms. The van der Waals surface area contributed by atoms with Crippen LogP contribution >= 0.6 is 11.3 Å². The highest BCUT2D eigenvalue weighted by Crippen LogP contribution is 2.29. The zero-order valence-electron chi connectivity index (χ0n) is 13.9. The van der Waals surface area contributed by atoms with Crippen molar-refractivity contribution in [3.63, 3.8) is 0 Å². The molecule has 4 N–H and O–H groups in total. The minimum absolute atomic E-state index is 0.0890. The number of nitrogens with one attached hydrogen (secondary N) is 3. The number of amides is 3. The Balaban J connectivity index is 1.81. The van der Waals surface area contributed by atoms with Crippen LogP contribution in [0.3, 0.4) is 0 Å². The van der Waals surface area contributed by atoms with E-state index in [9.17, 15) is 19.5 Å². The Hall–Kier alpha value is -3.01. The van der Waals surface area contributed by atoms with E-state index in [1.54, 1.807) is 19.1 Å². The maximum atomic E-state index is 12.2.